The fourth-order valence-corrected chi connectivity index (χ4v) is 3.74. The van der Waals surface area contributed by atoms with Crippen molar-refractivity contribution in [2.24, 2.45) is 0 Å². The number of amides is 2. The fourth-order valence-electron chi connectivity index (χ4n) is 3.74. The highest BCUT2D eigenvalue weighted by atomic mass is 16.2. The Kier molecular flexibility index (Phi) is 4.58. The molecule has 2 aliphatic rings. The summed E-state index contributed by atoms with van der Waals surface area (Å²) in [6.45, 7) is 2.42. The first-order valence-electron chi connectivity index (χ1n) is 9.07. The van der Waals surface area contributed by atoms with Crippen molar-refractivity contribution < 1.29 is 4.79 Å². The Labute approximate surface area is 146 Å². The van der Waals surface area contributed by atoms with E-state index in [1.807, 2.05) is 4.90 Å². The lowest BCUT2D eigenvalue weighted by molar-refractivity contribution is 0.190. The summed E-state index contributed by atoms with van der Waals surface area (Å²) in [7, 11) is 0. The smallest absolute Gasteiger partial charge is 0.323 e. The molecule has 2 aromatic rings. The molecule has 0 bridgehead atoms. The topological polar surface area (TPSA) is 88.8 Å². The Bertz CT molecular complexity index is 730. The van der Waals surface area contributed by atoms with Crippen LogP contribution >= 0.6 is 0 Å². The lowest BCUT2D eigenvalue weighted by atomic mass is 9.97. The van der Waals surface area contributed by atoms with E-state index in [1.165, 1.54) is 19.3 Å². The van der Waals surface area contributed by atoms with Crippen molar-refractivity contribution in [3.8, 4) is 0 Å². The predicted octanol–water partition coefficient (Wildman–Crippen LogP) is 2.21. The van der Waals surface area contributed by atoms with Crippen LogP contribution in [0, 0.1) is 0 Å². The van der Waals surface area contributed by atoms with E-state index in [-0.39, 0.29) is 11.9 Å². The number of urea groups is 1. The van der Waals surface area contributed by atoms with Gasteiger partial charge in [-0.2, -0.15) is 5.10 Å². The maximum atomic E-state index is 12.5. The van der Waals surface area contributed by atoms with E-state index in [1.54, 1.807) is 18.3 Å². The minimum absolute atomic E-state index is 0.124. The molecule has 25 heavy (non-hydrogen) atoms. The highest BCUT2D eigenvalue weighted by molar-refractivity contribution is 5.88. The minimum atomic E-state index is -0.124. The third-order valence-corrected chi connectivity index (χ3v) is 5.02. The first-order chi connectivity index (χ1) is 12.3. The number of carbonyl (C=O) groups excluding carboxylic acids is 1. The van der Waals surface area contributed by atoms with Gasteiger partial charge >= 0.3 is 6.03 Å². The molecule has 0 spiro atoms. The SMILES string of the molecule is O=C(Nc1cccnn1)N1CCC[C@@H](c2nnc3n2CCCCC3)C1. The lowest BCUT2D eigenvalue weighted by Gasteiger charge is -2.32. The van der Waals surface area contributed by atoms with Gasteiger partial charge in [0.2, 0.25) is 0 Å². The predicted molar refractivity (Wildman–Crippen MR) is 92.2 cm³/mol. The van der Waals surface area contributed by atoms with Crippen LogP contribution in [-0.4, -0.2) is 49.0 Å². The zero-order valence-corrected chi connectivity index (χ0v) is 14.3. The molecule has 1 fully saturated rings. The number of hydrogen-bond donors (Lipinski definition) is 1. The van der Waals surface area contributed by atoms with Gasteiger partial charge in [-0.25, -0.2) is 4.79 Å². The zero-order chi connectivity index (χ0) is 17.1. The van der Waals surface area contributed by atoms with Crippen molar-refractivity contribution in [3.63, 3.8) is 0 Å². The van der Waals surface area contributed by atoms with Crippen LogP contribution in [0.2, 0.25) is 0 Å². The van der Waals surface area contributed by atoms with Gasteiger partial charge in [0.25, 0.3) is 0 Å². The Morgan fingerprint density at radius 3 is 2.96 bits per heavy atom. The number of piperidine rings is 1. The van der Waals surface area contributed by atoms with E-state index in [0.29, 0.717) is 12.4 Å². The Morgan fingerprint density at radius 1 is 1.12 bits per heavy atom. The molecule has 0 aliphatic carbocycles. The Balaban J connectivity index is 1.46. The molecule has 0 radical (unpaired) electrons. The van der Waals surface area contributed by atoms with Crippen LogP contribution in [0.25, 0.3) is 0 Å². The second-order valence-corrected chi connectivity index (χ2v) is 6.76. The normalized spacial score (nSPS) is 20.6. The molecular weight excluding hydrogens is 318 g/mol. The van der Waals surface area contributed by atoms with Crippen molar-refractivity contribution in [2.45, 2.75) is 51.0 Å². The molecule has 1 saturated heterocycles. The van der Waals surface area contributed by atoms with Gasteiger partial charge in [0.05, 0.1) is 0 Å². The van der Waals surface area contributed by atoms with Gasteiger partial charge in [0.15, 0.2) is 5.82 Å². The number of aromatic nitrogens is 5. The molecular formula is C17H23N7O. The van der Waals surface area contributed by atoms with Crippen molar-refractivity contribution in [1.82, 2.24) is 29.9 Å². The van der Waals surface area contributed by atoms with Crippen LogP contribution < -0.4 is 5.32 Å². The summed E-state index contributed by atoms with van der Waals surface area (Å²) < 4.78 is 2.29. The van der Waals surface area contributed by atoms with Crippen molar-refractivity contribution in [3.05, 3.63) is 30.0 Å². The zero-order valence-electron chi connectivity index (χ0n) is 14.3. The standard InChI is InChI=1S/C17H23N7O/c25-17(19-14-7-4-9-18-20-14)23-10-5-6-13(12-23)16-22-21-15-8-2-1-3-11-24(15)16/h4,7,9,13H,1-3,5-6,8,10-12H2,(H,19,20,25)/t13-/m1/s1. The first-order valence-corrected chi connectivity index (χ1v) is 9.07. The lowest BCUT2D eigenvalue weighted by Crippen LogP contribution is -2.42. The van der Waals surface area contributed by atoms with E-state index in [0.717, 1.165) is 44.0 Å². The molecule has 0 unspecified atom stereocenters. The Morgan fingerprint density at radius 2 is 2.08 bits per heavy atom. The number of aryl methyl sites for hydroxylation is 1. The molecule has 8 nitrogen and oxygen atoms in total. The van der Waals surface area contributed by atoms with E-state index in [4.69, 9.17) is 0 Å². The molecule has 8 heteroatoms. The molecule has 132 valence electrons. The maximum Gasteiger partial charge on any atom is 0.323 e. The van der Waals surface area contributed by atoms with Crippen molar-refractivity contribution in [2.75, 3.05) is 18.4 Å². The summed E-state index contributed by atoms with van der Waals surface area (Å²) in [6, 6.07) is 3.37. The summed E-state index contributed by atoms with van der Waals surface area (Å²) in [5, 5.41) is 19.4. The number of nitrogens with zero attached hydrogens (tertiary/aromatic N) is 6. The first kappa shape index (κ1) is 16.0. The number of likely N-dealkylation sites (tertiary alicyclic amines) is 1. The second kappa shape index (κ2) is 7.16. The molecule has 0 saturated carbocycles. The molecule has 1 N–H and O–H groups in total. The molecule has 0 aromatic carbocycles. The molecule has 2 aliphatic heterocycles. The van der Waals surface area contributed by atoms with Gasteiger partial charge in [-0.15, -0.1) is 15.3 Å². The summed E-state index contributed by atoms with van der Waals surface area (Å²) in [6.07, 6.45) is 8.24. The van der Waals surface area contributed by atoms with Gasteiger partial charge in [-0.3, -0.25) is 5.32 Å². The summed E-state index contributed by atoms with van der Waals surface area (Å²) in [4.78, 5) is 14.4. The van der Waals surface area contributed by atoms with E-state index in [2.05, 4.69) is 30.3 Å². The van der Waals surface area contributed by atoms with Gasteiger partial charge in [-0.1, -0.05) is 6.42 Å². The molecule has 4 heterocycles. The molecule has 1 atom stereocenters. The number of rotatable bonds is 2. The Hall–Kier alpha value is -2.51. The van der Waals surface area contributed by atoms with E-state index in [9.17, 15) is 4.79 Å². The third-order valence-electron chi connectivity index (χ3n) is 5.02. The van der Waals surface area contributed by atoms with Crippen LogP contribution in [0.3, 0.4) is 0 Å². The van der Waals surface area contributed by atoms with Gasteiger partial charge in [0.1, 0.15) is 11.6 Å². The minimum Gasteiger partial charge on any atom is -0.324 e. The van der Waals surface area contributed by atoms with Crippen molar-refractivity contribution >= 4 is 11.8 Å². The summed E-state index contributed by atoms with van der Waals surface area (Å²) >= 11 is 0. The monoisotopic (exact) mass is 341 g/mol. The summed E-state index contributed by atoms with van der Waals surface area (Å²) in [5.41, 5.74) is 0. The molecule has 2 aromatic heterocycles. The molecule has 2 amide bonds. The largest absolute Gasteiger partial charge is 0.324 e. The number of nitrogens with one attached hydrogen (secondary N) is 1. The average molecular weight is 341 g/mol. The number of hydrogen-bond acceptors (Lipinski definition) is 5. The second-order valence-electron chi connectivity index (χ2n) is 6.76. The highest BCUT2D eigenvalue weighted by Gasteiger charge is 2.29. The number of carbonyl (C=O) groups is 1. The fraction of sp³-hybridized carbons (Fsp3) is 0.588. The van der Waals surface area contributed by atoms with Gasteiger partial charge in [-0.05, 0) is 37.8 Å². The van der Waals surface area contributed by atoms with Gasteiger partial charge < -0.3 is 9.47 Å². The van der Waals surface area contributed by atoms with Crippen LogP contribution in [0.15, 0.2) is 18.3 Å². The van der Waals surface area contributed by atoms with E-state index < -0.39 is 0 Å². The quantitative estimate of drug-likeness (QED) is 0.904. The average Bonchev–Trinajstić information content (AvgIpc) is 2.91. The molecule has 4 rings (SSSR count). The van der Waals surface area contributed by atoms with E-state index >= 15 is 0 Å². The van der Waals surface area contributed by atoms with Crippen LogP contribution in [0.1, 0.15) is 49.7 Å². The summed E-state index contributed by atoms with van der Waals surface area (Å²) in [5.74, 6) is 2.88. The van der Waals surface area contributed by atoms with Gasteiger partial charge in [0, 0.05) is 38.2 Å². The highest BCUT2D eigenvalue weighted by Crippen LogP contribution is 2.28. The van der Waals surface area contributed by atoms with Crippen LogP contribution in [-0.2, 0) is 13.0 Å². The maximum absolute atomic E-state index is 12.5. The van der Waals surface area contributed by atoms with Crippen LogP contribution in [0.4, 0.5) is 10.6 Å². The van der Waals surface area contributed by atoms with Crippen LogP contribution in [0.5, 0.6) is 0 Å². The number of anilines is 1. The number of fused-ring (bicyclic) bond motifs is 1. The third kappa shape index (κ3) is 3.47. The van der Waals surface area contributed by atoms with Crippen molar-refractivity contribution in [1.29, 1.82) is 0 Å².